The molecule has 12 rings (SSSR count). The Hall–Kier alpha value is -7.62. The summed E-state index contributed by atoms with van der Waals surface area (Å²) in [6.45, 7) is 0. The molecule has 7 aromatic carbocycles. The summed E-state index contributed by atoms with van der Waals surface area (Å²) >= 11 is 0. The maximum Gasteiger partial charge on any atom is 0.163 e. The highest BCUT2D eigenvalue weighted by molar-refractivity contribution is 6.06. The number of aromatic nitrogens is 3. The topological polar surface area (TPSA) is 84.8 Å². The fourth-order valence-corrected chi connectivity index (χ4v) is 9.39. The lowest BCUT2D eigenvalue weighted by Crippen LogP contribution is -2.32. The highest BCUT2D eigenvalue weighted by Crippen LogP contribution is 2.63. The van der Waals surface area contributed by atoms with Crippen LogP contribution in [-0.2, 0) is 5.41 Å². The second-order valence-electron chi connectivity index (χ2n) is 14.9. The number of ether oxygens (including phenoxy) is 1. The van der Waals surface area contributed by atoms with Crippen molar-refractivity contribution in [2.24, 2.45) is 0 Å². The van der Waals surface area contributed by atoms with E-state index in [4.69, 9.17) is 24.1 Å². The number of hydrogen-bond acceptors (Lipinski definition) is 6. The van der Waals surface area contributed by atoms with Crippen LogP contribution in [0.2, 0.25) is 0 Å². The molecule has 2 aromatic heterocycles. The molecule has 3 aliphatic rings. The van der Waals surface area contributed by atoms with Crippen LogP contribution in [0.3, 0.4) is 0 Å². The number of allylic oxidation sites excluding steroid dienone is 4. The molecule has 0 fully saturated rings. The SMILES string of the molecule is N#Cc1ccc2c(c1)Oc1cc(-c3nc(-c4ccc5oc6ccccc6c5c4)nc(C4C=CC=CC4)n3)ccc1C21c2ccccc2-c2c1ccc1ccccc21. The number of fused-ring (bicyclic) bond motifs is 14. The molecule has 266 valence electrons. The monoisotopic (exact) mass is 730 g/mol. The Labute approximate surface area is 327 Å². The molecule has 0 saturated heterocycles. The van der Waals surface area contributed by atoms with Crippen molar-refractivity contribution in [3.05, 3.63) is 197 Å². The van der Waals surface area contributed by atoms with Crippen LogP contribution in [0.5, 0.6) is 11.5 Å². The predicted octanol–water partition coefficient (Wildman–Crippen LogP) is 12.2. The van der Waals surface area contributed by atoms with Crippen molar-refractivity contribution in [2.45, 2.75) is 17.8 Å². The minimum Gasteiger partial charge on any atom is -0.457 e. The van der Waals surface area contributed by atoms with Crippen molar-refractivity contribution >= 4 is 32.7 Å². The summed E-state index contributed by atoms with van der Waals surface area (Å²) < 4.78 is 13.0. The normalized spacial score (nSPS) is 17.3. The first-order chi connectivity index (χ1) is 28.2. The van der Waals surface area contributed by atoms with Crippen molar-refractivity contribution < 1.29 is 9.15 Å². The van der Waals surface area contributed by atoms with Gasteiger partial charge in [0.15, 0.2) is 11.6 Å². The van der Waals surface area contributed by atoms with Gasteiger partial charge in [-0.05, 0) is 81.9 Å². The van der Waals surface area contributed by atoms with Gasteiger partial charge in [-0.3, -0.25) is 0 Å². The molecule has 57 heavy (non-hydrogen) atoms. The predicted molar refractivity (Wildman–Crippen MR) is 223 cm³/mol. The average molecular weight is 731 g/mol. The maximum absolute atomic E-state index is 10.0. The molecule has 2 atom stereocenters. The van der Waals surface area contributed by atoms with Gasteiger partial charge in [0.05, 0.1) is 17.0 Å². The fourth-order valence-electron chi connectivity index (χ4n) is 9.39. The second kappa shape index (κ2) is 11.9. The number of benzene rings is 7. The Balaban J connectivity index is 1.08. The zero-order chi connectivity index (χ0) is 37.7. The van der Waals surface area contributed by atoms with Crippen molar-refractivity contribution in [3.63, 3.8) is 0 Å². The van der Waals surface area contributed by atoms with E-state index in [0.717, 1.165) is 50.6 Å². The van der Waals surface area contributed by atoms with E-state index in [1.54, 1.807) is 0 Å². The molecular formula is C51H30N4O2. The maximum atomic E-state index is 10.0. The summed E-state index contributed by atoms with van der Waals surface area (Å²) in [6.07, 6.45) is 9.22. The summed E-state index contributed by atoms with van der Waals surface area (Å²) in [7, 11) is 0. The van der Waals surface area contributed by atoms with Gasteiger partial charge in [0, 0.05) is 38.9 Å². The number of nitrogens with zero attached hydrogens (tertiary/aromatic N) is 4. The van der Waals surface area contributed by atoms with Gasteiger partial charge in [-0.15, -0.1) is 0 Å². The van der Waals surface area contributed by atoms with Crippen LogP contribution in [0.15, 0.2) is 168 Å². The van der Waals surface area contributed by atoms with E-state index in [0.29, 0.717) is 34.5 Å². The van der Waals surface area contributed by atoms with E-state index in [9.17, 15) is 5.26 Å². The van der Waals surface area contributed by atoms with Crippen molar-refractivity contribution in [1.82, 2.24) is 15.0 Å². The molecule has 1 spiro atoms. The quantitative estimate of drug-likeness (QED) is 0.180. The third-order valence-electron chi connectivity index (χ3n) is 11.9. The fraction of sp³-hybridized carbons (Fsp3) is 0.0588. The Morgan fingerprint density at radius 2 is 1.32 bits per heavy atom. The molecule has 9 aromatic rings. The van der Waals surface area contributed by atoms with Gasteiger partial charge >= 0.3 is 0 Å². The Kier molecular flexibility index (Phi) is 6.64. The molecular weight excluding hydrogens is 701 g/mol. The summed E-state index contributed by atoms with van der Waals surface area (Å²) in [5.74, 6) is 3.22. The summed E-state index contributed by atoms with van der Waals surface area (Å²) in [6, 6.07) is 50.5. The van der Waals surface area contributed by atoms with Crippen molar-refractivity contribution in [2.75, 3.05) is 0 Å². The lowest BCUT2D eigenvalue weighted by Gasteiger charge is -2.39. The van der Waals surface area contributed by atoms with Crippen LogP contribution in [-0.4, -0.2) is 15.0 Å². The number of furan rings is 1. The lowest BCUT2D eigenvalue weighted by atomic mass is 9.65. The Morgan fingerprint density at radius 3 is 2.18 bits per heavy atom. The van der Waals surface area contributed by atoms with E-state index in [2.05, 4.69) is 127 Å². The summed E-state index contributed by atoms with van der Waals surface area (Å²) in [5, 5.41) is 14.5. The van der Waals surface area contributed by atoms with Crippen LogP contribution in [0.4, 0.5) is 0 Å². The molecule has 6 heteroatoms. The minimum atomic E-state index is -0.692. The van der Waals surface area contributed by atoms with Crippen LogP contribution in [0, 0.1) is 11.3 Å². The third kappa shape index (κ3) is 4.54. The van der Waals surface area contributed by atoms with E-state index in [-0.39, 0.29) is 5.92 Å². The first kappa shape index (κ1) is 31.7. The molecule has 0 amide bonds. The first-order valence-corrected chi connectivity index (χ1v) is 19.2. The van der Waals surface area contributed by atoms with Crippen molar-refractivity contribution in [1.29, 1.82) is 5.26 Å². The molecule has 0 radical (unpaired) electrons. The Morgan fingerprint density at radius 1 is 0.596 bits per heavy atom. The van der Waals surface area contributed by atoms with E-state index in [1.807, 2.05) is 42.5 Å². The number of para-hydroxylation sites is 1. The van der Waals surface area contributed by atoms with Gasteiger partial charge in [-0.25, -0.2) is 15.0 Å². The van der Waals surface area contributed by atoms with Gasteiger partial charge < -0.3 is 9.15 Å². The zero-order valence-corrected chi connectivity index (χ0v) is 30.5. The van der Waals surface area contributed by atoms with Gasteiger partial charge in [-0.2, -0.15) is 5.26 Å². The van der Waals surface area contributed by atoms with Crippen LogP contribution < -0.4 is 4.74 Å². The molecule has 1 aliphatic heterocycles. The summed E-state index contributed by atoms with van der Waals surface area (Å²) in [5.41, 5.74) is 10.0. The van der Waals surface area contributed by atoms with Gasteiger partial charge in [-0.1, -0.05) is 121 Å². The molecule has 6 nitrogen and oxygen atoms in total. The zero-order valence-electron chi connectivity index (χ0n) is 30.5. The Bertz CT molecular complexity index is 3300. The molecule has 2 unspecified atom stereocenters. The first-order valence-electron chi connectivity index (χ1n) is 19.2. The van der Waals surface area contributed by atoms with E-state index in [1.165, 1.54) is 33.0 Å². The van der Waals surface area contributed by atoms with Crippen molar-refractivity contribution in [3.8, 4) is 51.5 Å². The number of nitriles is 1. The molecule has 0 N–H and O–H groups in total. The second-order valence-corrected chi connectivity index (χ2v) is 14.9. The number of hydrogen-bond donors (Lipinski definition) is 0. The largest absolute Gasteiger partial charge is 0.457 e. The summed E-state index contributed by atoms with van der Waals surface area (Å²) in [4.78, 5) is 15.4. The molecule has 3 heterocycles. The van der Waals surface area contributed by atoms with Gasteiger partial charge in [0.2, 0.25) is 0 Å². The van der Waals surface area contributed by atoms with Crippen LogP contribution in [0.1, 0.15) is 46.0 Å². The molecule has 0 bridgehead atoms. The number of rotatable bonds is 3. The van der Waals surface area contributed by atoms with Crippen LogP contribution >= 0.6 is 0 Å². The smallest absolute Gasteiger partial charge is 0.163 e. The highest BCUT2D eigenvalue weighted by atomic mass is 16.5. The average Bonchev–Trinajstić information content (AvgIpc) is 3.80. The molecule has 2 aliphatic carbocycles. The standard InChI is InChI=1S/C51H30N4O2/c52-29-30-18-22-40-45(26-30)57-46-28-34(20-23-41(46)51(40)39-16-8-6-15-37(39)47-35-13-5-4-10-31(35)19-24-42(47)51)50-54-48(32-11-2-1-3-12-32)53-49(55-50)33-21-25-44-38(27-33)36-14-7-9-17-43(36)56-44/h1-11,13-28,32H,12H2. The molecule has 0 saturated carbocycles. The van der Waals surface area contributed by atoms with Crippen LogP contribution in [0.25, 0.3) is 66.6 Å². The van der Waals surface area contributed by atoms with Gasteiger partial charge in [0.25, 0.3) is 0 Å². The minimum absolute atomic E-state index is 0.00345. The lowest BCUT2D eigenvalue weighted by molar-refractivity contribution is 0.436. The van der Waals surface area contributed by atoms with Gasteiger partial charge in [0.1, 0.15) is 28.5 Å². The van der Waals surface area contributed by atoms with E-state index >= 15 is 0 Å². The highest BCUT2D eigenvalue weighted by Gasteiger charge is 2.51. The van der Waals surface area contributed by atoms with E-state index < -0.39 is 5.41 Å². The third-order valence-corrected chi connectivity index (χ3v) is 11.9.